The quantitative estimate of drug-likeness (QED) is 0.587. The number of hydrogen-bond donors (Lipinski definition) is 1. The van der Waals surface area contributed by atoms with Crippen LogP contribution in [0.2, 0.25) is 0 Å². The van der Waals surface area contributed by atoms with Crippen molar-refractivity contribution < 1.29 is 4.74 Å². The van der Waals surface area contributed by atoms with Crippen LogP contribution in [0.1, 0.15) is 70.8 Å². The van der Waals surface area contributed by atoms with E-state index in [2.05, 4.69) is 37.4 Å². The summed E-state index contributed by atoms with van der Waals surface area (Å²) in [4.78, 5) is 0. The third-order valence-corrected chi connectivity index (χ3v) is 5.47. The van der Waals surface area contributed by atoms with Gasteiger partial charge in [0.05, 0.1) is 12.8 Å². The van der Waals surface area contributed by atoms with E-state index >= 15 is 0 Å². The molecule has 0 heterocycles. The molecule has 0 radical (unpaired) electrons. The zero-order chi connectivity index (χ0) is 16.9. The normalized spacial score (nSPS) is 16.3. The van der Waals surface area contributed by atoms with Crippen LogP contribution in [0.3, 0.4) is 0 Å². The van der Waals surface area contributed by atoms with Crippen molar-refractivity contribution in [3.05, 3.63) is 46.2 Å². The summed E-state index contributed by atoms with van der Waals surface area (Å²) < 4.78 is 5.68. The third kappa shape index (κ3) is 3.85. The van der Waals surface area contributed by atoms with Crippen LogP contribution in [-0.4, -0.2) is 7.11 Å². The van der Waals surface area contributed by atoms with Gasteiger partial charge in [-0.1, -0.05) is 36.1 Å². The fourth-order valence-corrected chi connectivity index (χ4v) is 3.56. The zero-order valence-electron chi connectivity index (χ0n) is 15.5. The highest BCUT2D eigenvalue weighted by atomic mass is 16.5. The summed E-state index contributed by atoms with van der Waals surface area (Å²) in [5, 5.41) is 3.67. The Labute approximate surface area is 147 Å². The molecule has 2 fully saturated rings. The topological polar surface area (TPSA) is 21.3 Å². The Hall–Kier alpha value is -1.70. The molecule has 0 bridgehead atoms. The molecule has 1 aromatic rings. The Kier molecular flexibility index (Phi) is 5.65. The van der Waals surface area contributed by atoms with Gasteiger partial charge in [-0.2, -0.15) is 0 Å². The summed E-state index contributed by atoms with van der Waals surface area (Å²) in [5.41, 5.74) is 8.69. The van der Waals surface area contributed by atoms with Crippen LogP contribution < -0.4 is 10.1 Å². The van der Waals surface area contributed by atoms with Gasteiger partial charge in [-0.3, -0.25) is 0 Å². The molecule has 0 saturated heterocycles. The lowest BCUT2D eigenvalue weighted by atomic mass is 9.86. The minimum absolute atomic E-state index is 0.965. The molecule has 2 aliphatic carbocycles. The molecule has 0 aromatic heterocycles. The summed E-state index contributed by atoms with van der Waals surface area (Å²) in [6, 6.07) is 6.66. The van der Waals surface area contributed by atoms with Crippen molar-refractivity contribution >= 4 is 5.69 Å². The van der Waals surface area contributed by atoms with Crippen molar-refractivity contribution in [1.29, 1.82) is 0 Å². The maximum atomic E-state index is 5.68. The molecule has 130 valence electrons. The number of rotatable bonds is 7. The third-order valence-electron chi connectivity index (χ3n) is 5.47. The minimum atomic E-state index is 0.965. The molecule has 0 unspecified atom stereocenters. The molecular formula is C22H31NO. The van der Waals surface area contributed by atoms with Crippen LogP contribution in [-0.2, 0) is 6.42 Å². The van der Waals surface area contributed by atoms with Crippen molar-refractivity contribution in [2.24, 2.45) is 0 Å². The number of benzene rings is 1. The first-order valence-corrected chi connectivity index (χ1v) is 9.53. The van der Waals surface area contributed by atoms with Crippen LogP contribution in [0.25, 0.3) is 0 Å². The molecule has 2 nitrogen and oxygen atoms in total. The lowest BCUT2D eigenvalue weighted by Crippen LogP contribution is -2.10. The summed E-state index contributed by atoms with van der Waals surface area (Å²) in [6.45, 7) is 4.53. The van der Waals surface area contributed by atoms with E-state index in [0.29, 0.717) is 0 Å². The van der Waals surface area contributed by atoms with Crippen molar-refractivity contribution in [1.82, 2.24) is 0 Å². The molecule has 3 rings (SSSR count). The lowest BCUT2D eigenvalue weighted by molar-refractivity contribution is 0.416. The van der Waals surface area contributed by atoms with Gasteiger partial charge < -0.3 is 10.1 Å². The van der Waals surface area contributed by atoms with Crippen LogP contribution in [0, 0.1) is 0 Å². The Morgan fingerprint density at radius 3 is 2.33 bits per heavy atom. The largest absolute Gasteiger partial charge is 0.495 e. The smallest absolute Gasteiger partial charge is 0.142 e. The number of ether oxygens (including phenoxy) is 1. The molecule has 1 N–H and O–H groups in total. The van der Waals surface area contributed by atoms with Gasteiger partial charge in [-0.05, 0) is 76.0 Å². The maximum Gasteiger partial charge on any atom is 0.142 e. The van der Waals surface area contributed by atoms with E-state index in [9.17, 15) is 0 Å². The molecule has 0 atom stereocenters. The summed E-state index contributed by atoms with van der Waals surface area (Å²) in [5.74, 6) is 0.965. The zero-order valence-corrected chi connectivity index (χ0v) is 15.5. The standard InChI is InChI=1S/C22H31NO/c1-4-7-20(19-10-6-11-19)23-21-13-12-17(15-22(21)24-3)14-16(2)18-8-5-9-18/h12-13,15,23H,4-11,14H2,1-3H3. The second-order valence-electron chi connectivity index (χ2n) is 7.26. The van der Waals surface area contributed by atoms with E-state index in [1.807, 2.05) is 0 Å². The second kappa shape index (κ2) is 7.92. The van der Waals surface area contributed by atoms with Gasteiger partial charge in [0, 0.05) is 5.70 Å². The predicted octanol–water partition coefficient (Wildman–Crippen LogP) is 6.39. The second-order valence-corrected chi connectivity index (χ2v) is 7.26. The van der Waals surface area contributed by atoms with Crippen molar-refractivity contribution in [3.8, 4) is 5.75 Å². The first-order valence-electron chi connectivity index (χ1n) is 9.53. The van der Waals surface area contributed by atoms with Gasteiger partial charge in [0.1, 0.15) is 5.75 Å². The number of hydrogen-bond acceptors (Lipinski definition) is 2. The highest BCUT2D eigenvalue weighted by Gasteiger charge is 2.16. The van der Waals surface area contributed by atoms with E-state index in [4.69, 9.17) is 4.74 Å². The molecule has 0 aliphatic heterocycles. The molecule has 2 heteroatoms. The van der Waals surface area contributed by atoms with Gasteiger partial charge in [-0.25, -0.2) is 0 Å². The summed E-state index contributed by atoms with van der Waals surface area (Å²) >= 11 is 0. The van der Waals surface area contributed by atoms with Crippen LogP contribution in [0.5, 0.6) is 5.75 Å². The summed E-state index contributed by atoms with van der Waals surface area (Å²) in [6.07, 6.45) is 11.2. The molecule has 2 saturated carbocycles. The van der Waals surface area contributed by atoms with Crippen molar-refractivity contribution in [3.63, 3.8) is 0 Å². The molecular weight excluding hydrogens is 294 g/mol. The first kappa shape index (κ1) is 17.1. The van der Waals surface area contributed by atoms with Gasteiger partial charge in [0.15, 0.2) is 0 Å². The van der Waals surface area contributed by atoms with E-state index in [-0.39, 0.29) is 0 Å². The fraction of sp³-hybridized carbons (Fsp3) is 0.545. The number of methoxy groups -OCH3 is 1. The molecule has 24 heavy (non-hydrogen) atoms. The average Bonchev–Trinajstić information content (AvgIpc) is 2.45. The van der Waals surface area contributed by atoms with E-state index in [0.717, 1.165) is 24.3 Å². The van der Waals surface area contributed by atoms with Crippen molar-refractivity contribution in [2.75, 3.05) is 12.4 Å². The van der Waals surface area contributed by atoms with Gasteiger partial charge in [0.2, 0.25) is 0 Å². The van der Waals surface area contributed by atoms with Crippen LogP contribution >= 0.6 is 0 Å². The number of anilines is 1. The molecule has 1 aromatic carbocycles. The SMILES string of the molecule is CCCC(Nc1ccc(CC(C)=C2CCC2)cc1OC)=C1CCC1. The van der Waals surface area contributed by atoms with Gasteiger partial charge >= 0.3 is 0 Å². The van der Waals surface area contributed by atoms with E-state index < -0.39 is 0 Å². The number of nitrogens with one attached hydrogen (secondary N) is 1. The lowest BCUT2D eigenvalue weighted by Gasteiger charge is -2.24. The van der Waals surface area contributed by atoms with Gasteiger partial charge in [0.25, 0.3) is 0 Å². The molecule has 2 aliphatic rings. The monoisotopic (exact) mass is 325 g/mol. The Morgan fingerprint density at radius 2 is 1.79 bits per heavy atom. The fourth-order valence-electron chi connectivity index (χ4n) is 3.56. The predicted molar refractivity (Wildman–Crippen MR) is 103 cm³/mol. The molecule has 0 spiro atoms. The van der Waals surface area contributed by atoms with E-state index in [1.54, 1.807) is 23.8 Å². The summed E-state index contributed by atoms with van der Waals surface area (Å²) in [7, 11) is 1.78. The van der Waals surface area contributed by atoms with Crippen LogP contribution in [0.4, 0.5) is 5.69 Å². The van der Waals surface area contributed by atoms with Crippen LogP contribution in [0.15, 0.2) is 40.6 Å². The van der Waals surface area contributed by atoms with Gasteiger partial charge in [-0.15, -0.1) is 0 Å². The Bertz CT molecular complexity index is 642. The highest BCUT2D eigenvalue weighted by Crippen LogP contribution is 2.35. The van der Waals surface area contributed by atoms with E-state index in [1.165, 1.54) is 56.2 Å². The Balaban J connectivity index is 1.76. The Morgan fingerprint density at radius 1 is 1.08 bits per heavy atom. The van der Waals surface area contributed by atoms with Crippen molar-refractivity contribution in [2.45, 2.75) is 71.6 Å². The maximum absolute atomic E-state index is 5.68. The highest BCUT2D eigenvalue weighted by molar-refractivity contribution is 5.61. The number of allylic oxidation sites excluding steroid dienone is 4. The minimum Gasteiger partial charge on any atom is -0.495 e. The first-order chi connectivity index (χ1) is 11.7. The average molecular weight is 325 g/mol. The molecule has 0 amide bonds.